The van der Waals surface area contributed by atoms with Gasteiger partial charge in [0.15, 0.2) is 0 Å². The van der Waals surface area contributed by atoms with E-state index in [1.807, 2.05) is 17.4 Å². The van der Waals surface area contributed by atoms with Gasteiger partial charge < -0.3 is 16.1 Å². The topological polar surface area (TPSA) is 70.4 Å². The van der Waals surface area contributed by atoms with Gasteiger partial charge in [0.1, 0.15) is 0 Å². The maximum Gasteiger partial charge on any atom is 0.224 e. The van der Waals surface area contributed by atoms with Crippen molar-refractivity contribution >= 4 is 5.91 Å². The Morgan fingerprint density at radius 2 is 2.42 bits per heavy atom. The summed E-state index contributed by atoms with van der Waals surface area (Å²) in [7, 11) is 0. The second-order valence-corrected chi connectivity index (χ2v) is 3.07. The van der Waals surface area contributed by atoms with Gasteiger partial charge in [-0.1, -0.05) is 0 Å². The highest BCUT2D eigenvalue weighted by molar-refractivity contribution is 5.78. The summed E-state index contributed by atoms with van der Waals surface area (Å²) in [6.07, 6.45) is 3.74. The Morgan fingerprint density at radius 3 is 3.17 bits per heavy atom. The molecule has 2 atom stereocenters. The normalized spacial score (nSPS) is 32.8. The number of hydrogen-bond acceptors (Lipinski definition) is 4. The first kappa shape index (κ1) is 7.42. The van der Waals surface area contributed by atoms with Gasteiger partial charge in [-0.05, 0) is 0 Å². The molecule has 66 valence electrons. The average Bonchev–Trinajstić information content (AvgIpc) is 2.47. The first-order valence-electron chi connectivity index (χ1n) is 4.00. The van der Waals surface area contributed by atoms with Crippen molar-refractivity contribution in [1.82, 2.24) is 15.8 Å². The van der Waals surface area contributed by atoms with Gasteiger partial charge in [-0.25, -0.2) is 5.43 Å². The Labute approximate surface area is 70.6 Å². The minimum Gasteiger partial charge on any atom is -0.388 e. The Morgan fingerprint density at radius 1 is 1.58 bits per heavy atom. The molecule has 0 aromatic carbocycles. The SMILES string of the molecule is NC(=O)C1CNN2C=CNCC12. The predicted octanol–water partition coefficient (Wildman–Crippen LogP) is -1.65. The van der Waals surface area contributed by atoms with Crippen LogP contribution in [-0.4, -0.2) is 30.0 Å². The summed E-state index contributed by atoms with van der Waals surface area (Å²) in [6, 6.07) is 0.174. The van der Waals surface area contributed by atoms with E-state index in [0.29, 0.717) is 6.54 Å². The fourth-order valence-electron chi connectivity index (χ4n) is 1.67. The number of nitrogens with zero attached hydrogens (tertiary/aromatic N) is 1. The lowest BCUT2D eigenvalue weighted by molar-refractivity contribution is -0.122. The molecular weight excluding hydrogens is 156 g/mol. The highest BCUT2D eigenvalue weighted by atomic mass is 16.1. The molecule has 12 heavy (non-hydrogen) atoms. The molecule has 5 heteroatoms. The van der Waals surface area contributed by atoms with E-state index >= 15 is 0 Å². The van der Waals surface area contributed by atoms with Crippen LogP contribution in [0, 0.1) is 5.92 Å². The molecule has 0 radical (unpaired) electrons. The maximum atomic E-state index is 11.0. The van der Waals surface area contributed by atoms with Gasteiger partial charge in [0.05, 0.1) is 12.0 Å². The standard InChI is InChI=1S/C7H12N4O/c8-7(12)5-3-10-11-2-1-9-4-6(5)11/h1-2,5-6,9-10H,3-4H2,(H2,8,12). The van der Waals surface area contributed by atoms with E-state index in [-0.39, 0.29) is 17.9 Å². The zero-order chi connectivity index (χ0) is 8.55. The van der Waals surface area contributed by atoms with Crippen molar-refractivity contribution in [3.63, 3.8) is 0 Å². The summed E-state index contributed by atoms with van der Waals surface area (Å²) in [5.41, 5.74) is 8.34. The number of primary amides is 1. The van der Waals surface area contributed by atoms with Gasteiger partial charge in [0.2, 0.25) is 5.91 Å². The first-order chi connectivity index (χ1) is 5.79. The lowest BCUT2D eigenvalue weighted by Crippen LogP contribution is -2.46. The molecule has 0 bridgehead atoms. The van der Waals surface area contributed by atoms with Gasteiger partial charge >= 0.3 is 0 Å². The Balaban J connectivity index is 2.13. The molecule has 2 aliphatic heterocycles. The van der Waals surface area contributed by atoms with Gasteiger partial charge in [-0.15, -0.1) is 0 Å². The van der Waals surface area contributed by atoms with Crippen LogP contribution in [0.1, 0.15) is 0 Å². The molecule has 2 heterocycles. The minimum atomic E-state index is -0.230. The van der Waals surface area contributed by atoms with Gasteiger partial charge in [0.25, 0.3) is 0 Å². The fraction of sp³-hybridized carbons (Fsp3) is 0.571. The highest BCUT2D eigenvalue weighted by Gasteiger charge is 2.36. The van der Waals surface area contributed by atoms with E-state index in [9.17, 15) is 4.79 Å². The fourth-order valence-corrected chi connectivity index (χ4v) is 1.67. The molecule has 1 fully saturated rings. The van der Waals surface area contributed by atoms with Gasteiger partial charge in [-0.3, -0.25) is 4.79 Å². The van der Waals surface area contributed by atoms with Crippen LogP contribution in [0.3, 0.4) is 0 Å². The van der Waals surface area contributed by atoms with E-state index in [2.05, 4.69) is 10.7 Å². The van der Waals surface area contributed by atoms with E-state index in [1.54, 1.807) is 0 Å². The molecule has 2 aliphatic rings. The third-order valence-corrected chi connectivity index (χ3v) is 2.36. The molecule has 2 unspecified atom stereocenters. The maximum absolute atomic E-state index is 11.0. The number of carbonyl (C=O) groups is 1. The number of carbonyl (C=O) groups excluding carboxylic acids is 1. The molecule has 0 aromatic heterocycles. The quantitative estimate of drug-likeness (QED) is 0.439. The summed E-state index contributed by atoms with van der Waals surface area (Å²) in [5.74, 6) is -0.311. The third kappa shape index (κ3) is 1.02. The largest absolute Gasteiger partial charge is 0.388 e. The van der Waals surface area contributed by atoms with Crippen LogP contribution in [0.5, 0.6) is 0 Å². The Hall–Kier alpha value is -1.23. The van der Waals surface area contributed by atoms with Crippen molar-refractivity contribution in [2.45, 2.75) is 6.04 Å². The summed E-state index contributed by atoms with van der Waals surface area (Å²) in [5, 5.41) is 5.01. The zero-order valence-electron chi connectivity index (χ0n) is 6.66. The van der Waals surface area contributed by atoms with Crippen LogP contribution in [0.2, 0.25) is 0 Å². The summed E-state index contributed by atoms with van der Waals surface area (Å²) >= 11 is 0. The monoisotopic (exact) mass is 168 g/mol. The highest BCUT2D eigenvalue weighted by Crippen LogP contribution is 2.17. The molecule has 0 saturated carbocycles. The molecule has 1 saturated heterocycles. The lowest BCUT2D eigenvalue weighted by atomic mass is 10.0. The molecule has 0 spiro atoms. The summed E-state index contributed by atoms with van der Waals surface area (Å²) in [4.78, 5) is 11.0. The predicted molar refractivity (Wildman–Crippen MR) is 43.5 cm³/mol. The molecule has 0 aliphatic carbocycles. The van der Waals surface area contributed by atoms with Crippen LogP contribution in [-0.2, 0) is 4.79 Å². The molecule has 1 amide bonds. The van der Waals surface area contributed by atoms with Crippen LogP contribution in [0.4, 0.5) is 0 Å². The van der Waals surface area contributed by atoms with Crippen molar-refractivity contribution in [3.8, 4) is 0 Å². The number of fused-ring (bicyclic) bond motifs is 1. The number of nitrogens with one attached hydrogen (secondary N) is 2. The summed E-state index contributed by atoms with van der Waals surface area (Å²) < 4.78 is 0. The zero-order valence-corrected chi connectivity index (χ0v) is 6.66. The number of amides is 1. The average molecular weight is 168 g/mol. The van der Waals surface area contributed by atoms with Crippen LogP contribution in [0.25, 0.3) is 0 Å². The van der Waals surface area contributed by atoms with Crippen molar-refractivity contribution < 1.29 is 4.79 Å². The third-order valence-electron chi connectivity index (χ3n) is 2.36. The molecule has 2 rings (SSSR count). The van der Waals surface area contributed by atoms with Crippen molar-refractivity contribution in [1.29, 1.82) is 0 Å². The van der Waals surface area contributed by atoms with Crippen molar-refractivity contribution in [2.24, 2.45) is 11.7 Å². The van der Waals surface area contributed by atoms with E-state index in [4.69, 9.17) is 5.73 Å². The second kappa shape index (κ2) is 2.67. The van der Waals surface area contributed by atoms with Gasteiger partial charge in [0, 0.05) is 25.5 Å². The number of rotatable bonds is 1. The Kier molecular flexibility index (Phi) is 1.65. The smallest absolute Gasteiger partial charge is 0.224 e. The van der Waals surface area contributed by atoms with Gasteiger partial charge in [-0.2, -0.15) is 0 Å². The van der Waals surface area contributed by atoms with Crippen LogP contribution >= 0.6 is 0 Å². The van der Waals surface area contributed by atoms with Crippen LogP contribution in [0.15, 0.2) is 12.4 Å². The first-order valence-corrected chi connectivity index (χ1v) is 4.00. The van der Waals surface area contributed by atoms with Crippen LogP contribution < -0.4 is 16.5 Å². The minimum absolute atomic E-state index is 0.0811. The molecule has 5 nitrogen and oxygen atoms in total. The molecule has 4 N–H and O–H groups in total. The van der Waals surface area contributed by atoms with Crippen molar-refractivity contribution in [2.75, 3.05) is 13.1 Å². The number of nitrogens with two attached hydrogens (primary N) is 1. The van der Waals surface area contributed by atoms with E-state index in [0.717, 1.165) is 6.54 Å². The molecular formula is C7H12N4O. The number of hydrazine groups is 1. The van der Waals surface area contributed by atoms with E-state index in [1.165, 1.54) is 0 Å². The number of hydrogen-bond donors (Lipinski definition) is 3. The Bertz CT molecular complexity index is 227. The molecule has 0 aromatic rings. The second-order valence-electron chi connectivity index (χ2n) is 3.07. The van der Waals surface area contributed by atoms with Crippen molar-refractivity contribution in [3.05, 3.63) is 12.4 Å². The lowest BCUT2D eigenvalue weighted by Gasteiger charge is -2.28. The summed E-state index contributed by atoms with van der Waals surface area (Å²) in [6.45, 7) is 1.42. The van der Waals surface area contributed by atoms with E-state index < -0.39 is 0 Å².